The molecule has 0 spiro atoms. The van der Waals surface area contributed by atoms with E-state index in [2.05, 4.69) is 30.0 Å². The van der Waals surface area contributed by atoms with Crippen molar-refractivity contribution in [3.63, 3.8) is 0 Å². The lowest BCUT2D eigenvalue weighted by molar-refractivity contribution is 0.309. The van der Waals surface area contributed by atoms with E-state index in [4.69, 9.17) is 21.3 Å². The maximum Gasteiger partial charge on any atom is 0.146 e. The normalized spacial score (nSPS) is 17.3. The van der Waals surface area contributed by atoms with Crippen LogP contribution in [0.3, 0.4) is 0 Å². The molecule has 0 bridgehead atoms. The Balaban J connectivity index is 1.64. The van der Waals surface area contributed by atoms with Crippen LogP contribution in [0.1, 0.15) is 38.2 Å². The van der Waals surface area contributed by atoms with Crippen LogP contribution in [0, 0.1) is 0 Å². The van der Waals surface area contributed by atoms with E-state index < -0.39 is 0 Å². The first-order chi connectivity index (χ1) is 13.3. The minimum Gasteiger partial charge on any atom is -0.487 e. The SMILES string of the molecule is CCC1CCCCN1c1ccc2cccc(OCc3ccccc3Cl)c2n1. The number of aromatic nitrogens is 1. The van der Waals surface area contributed by atoms with Crippen LogP contribution in [0.15, 0.2) is 54.6 Å². The third-order valence-electron chi connectivity index (χ3n) is 5.40. The Hall–Kier alpha value is -2.26. The van der Waals surface area contributed by atoms with Crippen LogP contribution in [0.5, 0.6) is 5.75 Å². The van der Waals surface area contributed by atoms with Gasteiger partial charge in [0.1, 0.15) is 23.7 Å². The van der Waals surface area contributed by atoms with Gasteiger partial charge in [0.15, 0.2) is 0 Å². The summed E-state index contributed by atoms with van der Waals surface area (Å²) in [4.78, 5) is 7.47. The van der Waals surface area contributed by atoms with Crippen LogP contribution in [0.4, 0.5) is 5.82 Å². The molecule has 27 heavy (non-hydrogen) atoms. The number of fused-ring (bicyclic) bond motifs is 1. The highest BCUT2D eigenvalue weighted by Gasteiger charge is 2.22. The lowest BCUT2D eigenvalue weighted by atomic mass is 10.00. The fraction of sp³-hybridized carbons (Fsp3) is 0.348. The van der Waals surface area contributed by atoms with Crippen molar-refractivity contribution in [3.8, 4) is 5.75 Å². The van der Waals surface area contributed by atoms with Crippen molar-refractivity contribution in [3.05, 3.63) is 65.2 Å². The number of benzene rings is 2. The van der Waals surface area contributed by atoms with E-state index >= 15 is 0 Å². The number of rotatable bonds is 5. The smallest absolute Gasteiger partial charge is 0.146 e. The average molecular weight is 381 g/mol. The monoisotopic (exact) mass is 380 g/mol. The highest BCUT2D eigenvalue weighted by Crippen LogP contribution is 2.31. The van der Waals surface area contributed by atoms with Crippen LogP contribution in [0.25, 0.3) is 10.9 Å². The Kier molecular flexibility index (Phi) is 5.49. The van der Waals surface area contributed by atoms with E-state index in [9.17, 15) is 0 Å². The van der Waals surface area contributed by atoms with Gasteiger partial charge in [0.2, 0.25) is 0 Å². The highest BCUT2D eigenvalue weighted by molar-refractivity contribution is 6.31. The van der Waals surface area contributed by atoms with Crippen LogP contribution >= 0.6 is 11.6 Å². The predicted molar refractivity (Wildman–Crippen MR) is 113 cm³/mol. The minimum absolute atomic E-state index is 0.437. The molecule has 4 heteroatoms. The molecule has 0 amide bonds. The number of anilines is 1. The molecule has 3 aromatic rings. The van der Waals surface area contributed by atoms with Crippen molar-refractivity contribution in [2.24, 2.45) is 0 Å². The number of ether oxygens (including phenoxy) is 1. The number of hydrogen-bond donors (Lipinski definition) is 0. The summed E-state index contributed by atoms with van der Waals surface area (Å²) in [5, 5.41) is 1.82. The topological polar surface area (TPSA) is 25.4 Å². The molecule has 3 nitrogen and oxygen atoms in total. The molecule has 4 rings (SSSR count). The summed E-state index contributed by atoms with van der Waals surface area (Å²) < 4.78 is 6.12. The molecule has 1 saturated heterocycles. The molecule has 0 aliphatic carbocycles. The maximum absolute atomic E-state index is 6.27. The zero-order chi connectivity index (χ0) is 18.6. The molecular weight excluding hydrogens is 356 g/mol. The van der Waals surface area contributed by atoms with Crippen LogP contribution < -0.4 is 9.64 Å². The van der Waals surface area contributed by atoms with Crippen molar-refractivity contribution in [2.75, 3.05) is 11.4 Å². The summed E-state index contributed by atoms with van der Waals surface area (Å²) in [6.07, 6.45) is 4.96. The van der Waals surface area contributed by atoms with E-state index in [1.807, 2.05) is 36.4 Å². The minimum atomic E-state index is 0.437. The molecule has 0 N–H and O–H groups in total. The number of nitrogens with zero attached hydrogens (tertiary/aromatic N) is 2. The van der Waals surface area contributed by atoms with E-state index in [0.717, 1.165) is 46.0 Å². The molecule has 2 heterocycles. The van der Waals surface area contributed by atoms with Crippen molar-refractivity contribution >= 4 is 28.3 Å². The molecule has 1 aliphatic heterocycles. The Labute approximate surface area is 165 Å². The first-order valence-corrected chi connectivity index (χ1v) is 10.2. The summed E-state index contributed by atoms with van der Waals surface area (Å²) >= 11 is 6.27. The van der Waals surface area contributed by atoms with Gasteiger partial charge in [-0.3, -0.25) is 0 Å². The molecule has 1 atom stereocenters. The molecule has 1 aromatic heterocycles. The van der Waals surface area contributed by atoms with Crippen molar-refractivity contribution < 1.29 is 4.74 Å². The number of pyridine rings is 1. The molecule has 1 unspecified atom stereocenters. The number of piperidine rings is 1. The highest BCUT2D eigenvalue weighted by atomic mass is 35.5. The van der Waals surface area contributed by atoms with Gasteiger partial charge in [-0.1, -0.05) is 48.9 Å². The van der Waals surface area contributed by atoms with E-state index in [-0.39, 0.29) is 0 Å². The van der Waals surface area contributed by atoms with Crippen molar-refractivity contribution in [2.45, 2.75) is 45.3 Å². The predicted octanol–water partition coefficient (Wildman–Crippen LogP) is 6.24. The summed E-state index contributed by atoms with van der Waals surface area (Å²) in [5.41, 5.74) is 1.90. The van der Waals surface area contributed by atoms with Gasteiger partial charge in [-0.05, 0) is 49.9 Å². The molecule has 1 aliphatic rings. The summed E-state index contributed by atoms with van der Waals surface area (Å²) in [5.74, 6) is 1.86. The Morgan fingerprint density at radius 2 is 1.96 bits per heavy atom. The van der Waals surface area contributed by atoms with E-state index in [1.54, 1.807) is 0 Å². The van der Waals surface area contributed by atoms with Crippen molar-refractivity contribution in [1.29, 1.82) is 0 Å². The zero-order valence-electron chi connectivity index (χ0n) is 15.7. The molecule has 2 aromatic carbocycles. The van der Waals surface area contributed by atoms with Crippen LogP contribution in [0.2, 0.25) is 5.02 Å². The Morgan fingerprint density at radius 3 is 2.81 bits per heavy atom. The van der Waals surface area contributed by atoms with Crippen LogP contribution in [-0.2, 0) is 6.61 Å². The largest absolute Gasteiger partial charge is 0.487 e. The lowest BCUT2D eigenvalue weighted by Crippen LogP contribution is -2.39. The molecule has 140 valence electrons. The Bertz CT molecular complexity index is 927. The summed E-state index contributed by atoms with van der Waals surface area (Å²) in [6, 6.07) is 18.8. The third-order valence-corrected chi connectivity index (χ3v) is 5.77. The van der Waals surface area contributed by atoms with Gasteiger partial charge in [-0.2, -0.15) is 0 Å². The van der Waals surface area contributed by atoms with E-state index in [0.29, 0.717) is 12.6 Å². The van der Waals surface area contributed by atoms with E-state index in [1.165, 1.54) is 19.3 Å². The first-order valence-electron chi connectivity index (χ1n) is 9.79. The van der Waals surface area contributed by atoms with Gasteiger partial charge in [0.05, 0.1) is 0 Å². The quantitative estimate of drug-likeness (QED) is 0.524. The number of halogens is 1. The number of para-hydroxylation sites is 1. The molecule has 0 radical (unpaired) electrons. The van der Waals surface area contributed by atoms with Gasteiger partial charge in [0.25, 0.3) is 0 Å². The van der Waals surface area contributed by atoms with Gasteiger partial charge in [0, 0.05) is 28.6 Å². The maximum atomic E-state index is 6.27. The average Bonchev–Trinajstić information content (AvgIpc) is 2.72. The third kappa shape index (κ3) is 3.89. The lowest BCUT2D eigenvalue weighted by Gasteiger charge is -2.36. The standard InChI is InChI=1S/C23H25ClN2O/c1-2-19-10-5-6-15-26(19)22-14-13-17-9-7-12-21(23(17)25-22)27-16-18-8-3-4-11-20(18)24/h3-4,7-9,11-14,19H,2,5-6,10,15-16H2,1H3. The second-order valence-corrected chi connectivity index (χ2v) is 7.54. The zero-order valence-corrected chi connectivity index (χ0v) is 16.5. The molecular formula is C23H25ClN2O. The van der Waals surface area contributed by atoms with Crippen molar-refractivity contribution in [1.82, 2.24) is 4.98 Å². The summed E-state index contributed by atoms with van der Waals surface area (Å²) in [7, 11) is 0. The fourth-order valence-electron chi connectivity index (χ4n) is 3.88. The second-order valence-electron chi connectivity index (χ2n) is 7.13. The van der Waals surface area contributed by atoms with Gasteiger partial charge >= 0.3 is 0 Å². The summed E-state index contributed by atoms with van der Waals surface area (Å²) in [6.45, 7) is 3.79. The molecule has 1 fully saturated rings. The number of hydrogen-bond acceptors (Lipinski definition) is 3. The molecule has 0 saturated carbocycles. The van der Waals surface area contributed by atoms with Gasteiger partial charge < -0.3 is 9.64 Å². The van der Waals surface area contributed by atoms with Crippen LogP contribution in [-0.4, -0.2) is 17.6 Å². The first kappa shape index (κ1) is 18.1. The fourth-order valence-corrected chi connectivity index (χ4v) is 4.07. The van der Waals surface area contributed by atoms with Gasteiger partial charge in [-0.25, -0.2) is 4.98 Å². The second kappa shape index (κ2) is 8.18. The van der Waals surface area contributed by atoms with Gasteiger partial charge in [-0.15, -0.1) is 0 Å². The Morgan fingerprint density at radius 1 is 1.07 bits per heavy atom.